The van der Waals surface area contributed by atoms with Crippen molar-refractivity contribution in [2.45, 2.75) is 30.8 Å². The van der Waals surface area contributed by atoms with Crippen LogP contribution in [-0.2, 0) is 9.53 Å². The van der Waals surface area contributed by atoms with Gasteiger partial charge < -0.3 is 10.1 Å². The van der Waals surface area contributed by atoms with E-state index in [0.717, 1.165) is 0 Å². The molecule has 2 aliphatic rings. The molecule has 3 nitrogen and oxygen atoms in total. The molecule has 2 unspecified atom stereocenters. The van der Waals surface area contributed by atoms with Gasteiger partial charge in [0.05, 0.1) is 13.2 Å². The van der Waals surface area contributed by atoms with E-state index < -0.39 is 18.1 Å². The lowest BCUT2D eigenvalue weighted by Gasteiger charge is -2.27. The molecule has 74 valence electrons. The van der Waals surface area contributed by atoms with Gasteiger partial charge in [-0.25, -0.2) is 0 Å². The summed E-state index contributed by atoms with van der Waals surface area (Å²) in [6, 6.07) is -0.597. The van der Waals surface area contributed by atoms with Gasteiger partial charge in [0.2, 0.25) is 5.78 Å². The zero-order valence-corrected chi connectivity index (χ0v) is 7.06. The summed E-state index contributed by atoms with van der Waals surface area (Å²) in [5.41, 5.74) is 0. The predicted octanol–water partition coefficient (Wildman–Crippen LogP) is 0.342. The topological polar surface area (TPSA) is 38.3 Å². The fraction of sp³-hybridized carbons (Fsp3) is 0.875. The van der Waals surface area contributed by atoms with E-state index >= 15 is 0 Å². The number of hydrogen-bond donors (Lipinski definition) is 1. The van der Waals surface area contributed by atoms with E-state index in [-0.39, 0.29) is 25.1 Å². The van der Waals surface area contributed by atoms with Crippen molar-refractivity contribution >= 4 is 5.78 Å². The van der Waals surface area contributed by atoms with E-state index in [2.05, 4.69) is 5.32 Å². The number of nitrogens with one attached hydrogen (secondary N) is 1. The molecule has 0 amide bonds. The smallest absolute Gasteiger partial charge is 0.306 e. The van der Waals surface area contributed by atoms with Gasteiger partial charge >= 0.3 is 5.92 Å². The Bertz CT molecular complexity index is 232. The number of Topliss-reactive ketones (excluding diaryl/α,β-unsaturated/α-hetero) is 1. The minimum atomic E-state index is -3.17. The number of rotatable bonds is 0. The fourth-order valence-electron chi connectivity index (χ4n) is 1.81. The zero-order valence-electron chi connectivity index (χ0n) is 7.06. The maximum Gasteiger partial charge on any atom is 0.306 e. The van der Waals surface area contributed by atoms with Crippen LogP contribution >= 0.6 is 0 Å². The molecule has 0 saturated carbocycles. The molecular formula is C8H11F2NO2. The molecule has 2 bridgehead atoms. The van der Waals surface area contributed by atoms with Crippen molar-refractivity contribution in [3.8, 4) is 0 Å². The highest BCUT2D eigenvalue weighted by Gasteiger charge is 2.45. The van der Waals surface area contributed by atoms with Gasteiger partial charge in [0.25, 0.3) is 0 Å². The molecule has 0 aromatic heterocycles. The number of ether oxygens (including phenoxy) is 1. The molecule has 0 spiro atoms. The number of ketones is 1. The van der Waals surface area contributed by atoms with E-state index in [0.29, 0.717) is 6.61 Å². The summed E-state index contributed by atoms with van der Waals surface area (Å²) < 4.78 is 31.2. The first kappa shape index (κ1) is 9.02. The second-order valence-corrected chi connectivity index (χ2v) is 3.63. The normalized spacial score (nSPS) is 38.5. The van der Waals surface area contributed by atoms with Gasteiger partial charge in [-0.2, -0.15) is 8.78 Å². The number of morpholine rings is 1. The molecule has 2 fully saturated rings. The maximum absolute atomic E-state index is 13.1. The summed E-state index contributed by atoms with van der Waals surface area (Å²) in [5.74, 6) is -4.13. The lowest BCUT2D eigenvalue weighted by atomic mass is 10.1. The van der Waals surface area contributed by atoms with E-state index in [4.69, 9.17) is 4.74 Å². The Morgan fingerprint density at radius 2 is 2.08 bits per heavy atom. The van der Waals surface area contributed by atoms with Crippen LogP contribution in [0.3, 0.4) is 0 Å². The van der Waals surface area contributed by atoms with Crippen molar-refractivity contribution in [1.82, 2.24) is 5.32 Å². The fourth-order valence-corrected chi connectivity index (χ4v) is 1.81. The first-order valence-electron chi connectivity index (χ1n) is 4.33. The average molecular weight is 191 g/mol. The Balaban J connectivity index is 2.17. The summed E-state index contributed by atoms with van der Waals surface area (Å²) in [4.78, 5) is 11.0. The molecule has 2 heterocycles. The molecule has 0 aromatic carbocycles. The first-order chi connectivity index (χ1) is 6.08. The van der Waals surface area contributed by atoms with E-state index in [9.17, 15) is 13.6 Å². The summed E-state index contributed by atoms with van der Waals surface area (Å²) in [5, 5.41) is 2.98. The number of halogens is 2. The molecule has 2 aliphatic heterocycles. The average Bonchev–Trinajstić information content (AvgIpc) is 2.09. The van der Waals surface area contributed by atoms with Crippen molar-refractivity contribution < 1.29 is 18.3 Å². The van der Waals surface area contributed by atoms with Crippen LogP contribution in [0.1, 0.15) is 12.8 Å². The number of fused-ring (bicyclic) bond motifs is 2. The summed E-state index contributed by atoms with van der Waals surface area (Å²) >= 11 is 0. The molecule has 0 radical (unpaired) electrons. The van der Waals surface area contributed by atoms with Crippen LogP contribution in [0.25, 0.3) is 0 Å². The van der Waals surface area contributed by atoms with Crippen LogP contribution in [0, 0.1) is 0 Å². The van der Waals surface area contributed by atoms with E-state index in [1.165, 1.54) is 0 Å². The molecule has 1 N–H and O–H groups in total. The standard InChI is InChI=1S/C8H11F2NO2/c9-8(10)2-6-4-13-3-5(11-6)1-7(8)12/h5-6,11H,1-4H2. The van der Waals surface area contributed by atoms with Gasteiger partial charge in [-0.05, 0) is 0 Å². The predicted molar refractivity (Wildman–Crippen MR) is 40.7 cm³/mol. The molecule has 2 atom stereocenters. The van der Waals surface area contributed by atoms with Crippen molar-refractivity contribution in [3.05, 3.63) is 0 Å². The van der Waals surface area contributed by atoms with Crippen molar-refractivity contribution in [3.63, 3.8) is 0 Å². The molecule has 0 aromatic rings. The summed E-state index contributed by atoms with van der Waals surface area (Å²) in [7, 11) is 0. The van der Waals surface area contributed by atoms with Gasteiger partial charge in [0.15, 0.2) is 0 Å². The van der Waals surface area contributed by atoms with Crippen LogP contribution in [0.4, 0.5) is 8.78 Å². The molecular weight excluding hydrogens is 180 g/mol. The summed E-state index contributed by atoms with van der Waals surface area (Å²) in [6.07, 6.45) is -0.550. The van der Waals surface area contributed by atoms with Crippen LogP contribution in [-0.4, -0.2) is 37.0 Å². The second kappa shape index (κ2) is 2.99. The Labute approximate surface area is 74.4 Å². The second-order valence-electron chi connectivity index (χ2n) is 3.63. The number of alkyl halides is 2. The summed E-state index contributed by atoms with van der Waals surface area (Å²) in [6.45, 7) is 0.637. The third kappa shape index (κ3) is 1.71. The lowest BCUT2D eigenvalue weighted by molar-refractivity contribution is -0.143. The highest BCUT2D eigenvalue weighted by atomic mass is 19.3. The highest BCUT2D eigenvalue weighted by Crippen LogP contribution is 2.28. The number of hydrogen-bond acceptors (Lipinski definition) is 3. The first-order valence-corrected chi connectivity index (χ1v) is 4.33. The maximum atomic E-state index is 13.1. The highest BCUT2D eigenvalue weighted by molar-refractivity contribution is 5.86. The van der Waals surface area contributed by atoms with Crippen molar-refractivity contribution in [2.75, 3.05) is 13.2 Å². The minimum absolute atomic E-state index is 0.122. The molecule has 13 heavy (non-hydrogen) atoms. The van der Waals surface area contributed by atoms with Gasteiger partial charge in [-0.1, -0.05) is 0 Å². The Morgan fingerprint density at radius 1 is 1.38 bits per heavy atom. The van der Waals surface area contributed by atoms with Gasteiger partial charge in [-0.3, -0.25) is 4.79 Å². The Morgan fingerprint density at radius 3 is 2.85 bits per heavy atom. The molecule has 2 rings (SSSR count). The van der Waals surface area contributed by atoms with E-state index in [1.54, 1.807) is 0 Å². The quantitative estimate of drug-likeness (QED) is 0.600. The van der Waals surface area contributed by atoms with Crippen LogP contribution in [0.5, 0.6) is 0 Å². The van der Waals surface area contributed by atoms with E-state index in [1.807, 2.05) is 0 Å². The molecule has 5 heteroatoms. The number of carbonyl (C=O) groups is 1. The lowest BCUT2D eigenvalue weighted by Crippen LogP contribution is -2.48. The largest absolute Gasteiger partial charge is 0.378 e. The SMILES string of the molecule is O=C1CC2COCC(CC1(F)F)N2. The van der Waals surface area contributed by atoms with Crippen LogP contribution in [0.15, 0.2) is 0 Å². The van der Waals surface area contributed by atoms with Crippen LogP contribution in [0.2, 0.25) is 0 Å². The third-order valence-corrected chi connectivity index (χ3v) is 2.45. The van der Waals surface area contributed by atoms with Crippen molar-refractivity contribution in [2.24, 2.45) is 0 Å². The third-order valence-electron chi connectivity index (χ3n) is 2.45. The minimum Gasteiger partial charge on any atom is -0.378 e. The van der Waals surface area contributed by atoms with Crippen LogP contribution < -0.4 is 5.32 Å². The van der Waals surface area contributed by atoms with Gasteiger partial charge in [0, 0.05) is 24.9 Å². The number of carbonyl (C=O) groups excluding carboxylic acids is 1. The monoisotopic (exact) mass is 191 g/mol. The Hall–Kier alpha value is -0.550. The Kier molecular flexibility index (Phi) is 2.08. The zero-order chi connectivity index (χ0) is 9.47. The molecule has 0 aliphatic carbocycles. The van der Waals surface area contributed by atoms with Crippen molar-refractivity contribution in [1.29, 1.82) is 0 Å². The van der Waals surface area contributed by atoms with Gasteiger partial charge in [0.1, 0.15) is 0 Å². The molecule has 2 saturated heterocycles. The van der Waals surface area contributed by atoms with Gasteiger partial charge in [-0.15, -0.1) is 0 Å².